The van der Waals surface area contributed by atoms with E-state index in [0.29, 0.717) is 25.4 Å². The molecule has 146 valence electrons. The number of carbonyl (C=O) groups is 2. The van der Waals surface area contributed by atoms with Crippen molar-refractivity contribution in [1.82, 2.24) is 10.2 Å². The first-order valence-electron chi connectivity index (χ1n) is 9.30. The third-order valence-electron chi connectivity index (χ3n) is 3.99. The van der Waals surface area contributed by atoms with Crippen LogP contribution in [0.5, 0.6) is 0 Å². The van der Waals surface area contributed by atoms with E-state index < -0.39 is 0 Å². The van der Waals surface area contributed by atoms with E-state index in [1.807, 2.05) is 71.8 Å². The topological polar surface area (TPSA) is 64.7 Å². The Morgan fingerprint density at radius 3 is 2.27 bits per heavy atom. The SMILES string of the molecule is CCNC(=O)N(Cc1cc(NC(=O)CC(C)C)ccc1N(C)C)C(C)C. The molecule has 0 aliphatic rings. The number of rotatable bonds is 8. The van der Waals surface area contributed by atoms with Crippen LogP contribution in [0.1, 0.15) is 46.6 Å². The van der Waals surface area contributed by atoms with Gasteiger partial charge < -0.3 is 20.4 Å². The summed E-state index contributed by atoms with van der Waals surface area (Å²) in [4.78, 5) is 28.3. The summed E-state index contributed by atoms with van der Waals surface area (Å²) in [7, 11) is 3.95. The minimum absolute atomic E-state index is 0.00740. The van der Waals surface area contributed by atoms with E-state index in [9.17, 15) is 9.59 Å². The molecule has 6 heteroatoms. The lowest BCUT2D eigenvalue weighted by atomic mass is 10.1. The number of hydrogen-bond acceptors (Lipinski definition) is 3. The van der Waals surface area contributed by atoms with Gasteiger partial charge in [-0.1, -0.05) is 13.8 Å². The third kappa shape index (κ3) is 6.58. The molecule has 0 atom stereocenters. The van der Waals surface area contributed by atoms with Crippen LogP contribution < -0.4 is 15.5 Å². The van der Waals surface area contributed by atoms with E-state index in [-0.39, 0.29) is 18.0 Å². The van der Waals surface area contributed by atoms with Crippen molar-refractivity contribution in [3.8, 4) is 0 Å². The molecule has 0 saturated heterocycles. The second kappa shape index (κ2) is 10.0. The van der Waals surface area contributed by atoms with Crippen LogP contribution in [0.15, 0.2) is 18.2 Å². The lowest BCUT2D eigenvalue weighted by Crippen LogP contribution is -2.43. The van der Waals surface area contributed by atoms with Crippen LogP contribution in [0, 0.1) is 5.92 Å². The third-order valence-corrected chi connectivity index (χ3v) is 3.99. The van der Waals surface area contributed by atoms with Crippen LogP contribution in [-0.2, 0) is 11.3 Å². The van der Waals surface area contributed by atoms with Crippen molar-refractivity contribution < 1.29 is 9.59 Å². The molecule has 0 heterocycles. The second-order valence-electron chi connectivity index (χ2n) is 7.44. The number of anilines is 2. The standard InChI is InChI=1S/C20H34N4O2/c1-8-21-20(26)24(15(4)5)13-16-12-17(9-10-18(16)23(6)7)22-19(25)11-14(2)3/h9-10,12,14-15H,8,11,13H2,1-7H3,(H,21,26)(H,22,25). The summed E-state index contributed by atoms with van der Waals surface area (Å²) in [6, 6.07) is 5.83. The van der Waals surface area contributed by atoms with E-state index in [1.165, 1.54) is 0 Å². The maximum atomic E-state index is 12.4. The van der Waals surface area contributed by atoms with Crippen molar-refractivity contribution in [2.75, 3.05) is 30.9 Å². The van der Waals surface area contributed by atoms with E-state index in [0.717, 1.165) is 16.9 Å². The fraction of sp³-hybridized carbons (Fsp3) is 0.600. The van der Waals surface area contributed by atoms with E-state index >= 15 is 0 Å². The van der Waals surface area contributed by atoms with Crippen molar-refractivity contribution in [3.05, 3.63) is 23.8 Å². The average Bonchev–Trinajstić information content (AvgIpc) is 2.51. The Bertz CT molecular complexity index is 612. The van der Waals surface area contributed by atoms with Gasteiger partial charge in [0.05, 0.1) is 0 Å². The van der Waals surface area contributed by atoms with Crippen molar-refractivity contribution in [2.45, 2.75) is 53.6 Å². The number of hydrogen-bond donors (Lipinski definition) is 2. The molecule has 0 spiro atoms. The predicted octanol–water partition coefficient (Wildman–Crippen LogP) is 3.68. The Hall–Kier alpha value is -2.24. The summed E-state index contributed by atoms with van der Waals surface area (Å²) < 4.78 is 0. The molecule has 0 unspecified atom stereocenters. The summed E-state index contributed by atoms with van der Waals surface area (Å²) in [5.41, 5.74) is 2.79. The Labute approximate surface area is 157 Å². The van der Waals surface area contributed by atoms with Gasteiger partial charge in [0, 0.05) is 51.0 Å². The molecule has 0 radical (unpaired) electrons. The van der Waals surface area contributed by atoms with Crippen LogP contribution in [0.4, 0.5) is 16.2 Å². The Morgan fingerprint density at radius 1 is 1.12 bits per heavy atom. The first-order valence-corrected chi connectivity index (χ1v) is 9.30. The maximum absolute atomic E-state index is 12.4. The molecular formula is C20H34N4O2. The smallest absolute Gasteiger partial charge is 0.317 e. The van der Waals surface area contributed by atoms with Gasteiger partial charge in [0.2, 0.25) is 5.91 Å². The van der Waals surface area contributed by atoms with Gasteiger partial charge >= 0.3 is 6.03 Å². The number of amides is 3. The normalized spacial score (nSPS) is 10.8. The molecule has 26 heavy (non-hydrogen) atoms. The lowest BCUT2D eigenvalue weighted by Gasteiger charge is -2.29. The van der Waals surface area contributed by atoms with Crippen LogP contribution in [0.25, 0.3) is 0 Å². The molecule has 0 fully saturated rings. The van der Waals surface area contributed by atoms with Crippen molar-refractivity contribution in [1.29, 1.82) is 0 Å². The molecular weight excluding hydrogens is 328 g/mol. The van der Waals surface area contributed by atoms with Gasteiger partial charge in [-0.3, -0.25) is 4.79 Å². The van der Waals surface area contributed by atoms with Gasteiger partial charge in [0.15, 0.2) is 0 Å². The predicted molar refractivity (Wildman–Crippen MR) is 109 cm³/mol. The first kappa shape index (κ1) is 21.8. The van der Waals surface area contributed by atoms with Gasteiger partial charge in [-0.2, -0.15) is 0 Å². The fourth-order valence-electron chi connectivity index (χ4n) is 2.73. The summed E-state index contributed by atoms with van der Waals surface area (Å²) >= 11 is 0. The molecule has 0 saturated carbocycles. The zero-order chi connectivity index (χ0) is 19.9. The molecule has 3 amide bonds. The van der Waals surface area contributed by atoms with Crippen molar-refractivity contribution >= 4 is 23.3 Å². The minimum atomic E-state index is -0.0820. The van der Waals surface area contributed by atoms with E-state index in [4.69, 9.17) is 0 Å². The lowest BCUT2D eigenvalue weighted by molar-refractivity contribution is -0.116. The largest absolute Gasteiger partial charge is 0.377 e. The highest BCUT2D eigenvalue weighted by Gasteiger charge is 2.19. The van der Waals surface area contributed by atoms with Crippen LogP contribution in [0.2, 0.25) is 0 Å². The average molecular weight is 363 g/mol. The summed E-state index contributed by atoms with van der Waals surface area (Å²) in [6.45, 7) is 11.0. The Morgan fingerprint density at radius 2 is 1.77 bits per heavy atom. The Balaban J connectivity index is 3.10. The molecule has 0 aliphatic heterocycles. The molecule has 1 rings (SSSR count). The number of carbonyl (C=O) groups excluding carboxylic acids is 2. The molecule has 0 bridgehead atoms. The molecule has 1 aromatic carbocycles. The summed E-state index contributed by atoms with van der Waals surface area (Å²) in [5.74, 6) is 0.317. The van der Waals surface area contributed by atoms with Crippen LogP contribution in [-0.4, -0.2) is 43.5 Å². The molecule has 0 aliphatic carbocycles. The van der Waals surface area contributed by atoms with Crippen molar-refractivity contribution in [2.24, 2.45) is 5.92 Å². The molecule has 1 aromatic rings. The second-order valence-corrected chi connectivity index (χ2v) is 7.44. The molecule has 6 nitrogen and oxygen atoms in total. The highest BCUT2D eigenvalue weighted by atomic mass is 16.2. The number of urea groups is 1. The van der Waals surface area contributed by atoms with E-state index in [1.54, 1.807) is 4.90 Å². The highest BCUT2D eigenvalue weighted by Crippen LogP contribution is 2.25. The summed E-state index contributed by atoms with van der Waals surface area (Å²) in [6.07, 6.45) is 0.488. The zero-order valence-corrected chi connectivity index (χ0v) is 17.2. The van der Waals surface area contributed by atoms with Crippen LogP contribution in [0.3, 0.4) is 0 Å². The van der Waals surface area contributed by atoms with Gasteiger partial charge in [0.25, 0.3) is 0 Å². The minimum Gasteiger partial charge on any atom is -0.377 e. The zero-order valence-electron chi connectivity index (χ0n) is 17.2. The van der Waals surface area contributed by atoms with Crippen molar-refractivity contribution in [3.63, 3.8) is 0 Å². The monoisotopic (exact) mass is 362 g/mol. The number of benzene rings is 1. The number of nitrogens with zero attached hydrogens (tertiary/aromatic N) is 2. The van der Waals surface area contributed by atoms with Gasteiger partial charge in [-0.05, 0) is 50.5 Å². The maximum Gasteiger partial charge on any atom is 0.317 e. The first-order chi connectivity index (χ1) is 12.1. The summed E-state index contributed by atoms with van der Waals surface area (Å²) in [5, 5.41) is 5.83. The van der Waals surface area contributed by atoms with Gasteiger partial charge in [0.1, 0.15) is 0 Å². The van der Waals surface area contributed by atoms with Gasteiger partial charge in [-0.15, -0.1) is 0 Å². The van der Waals surface area contributed by atoms with Gasteiger partial charge in [-0.25, -0.2) is 4.79 Å². The molecule has 2 N–H and O–H groups in total. The quantitative estimate of drug-likeness (QED) is 0.741. The van der Waals surface area contributed by atoms with Crippen LogP contribution >= 0.6 is 0 Å². The highest BCUT2D eigenvalue weighted by molar-refractivity contribution is 5.91. The Kier molecular flexibility index (Phi) is 8.42. The fourth-order valence-corrected chi connectivity index (χ4v) is 2.73. The van der Waals surface area contributed by atoms with E-state index in [2.05, 4.69) is 10.6 Å². The number of nitrogens with one attached hydrogen (secondary N) is 2. The molecule has 0 aromatic heterocycles.